The maximum absolute atomic E-state index is 11.0. The topological polar surface area (TPSA) is 31.6 Å². The smallest absolute Gasteiger partial charge is 0.0940 e. The van der Waals surface area contributed by atoms with Crippen LogP contribution in [0, 0.1) is 6.92 Å². The zero-order valence-electron chi connectivity index (χ0n) is 17.5. The van der Waals surface area contributed by atoms with Crippen molar-refractivity contribution in [2.75, 3.05) is 39.3 Å². The van der Waals surface area contributed by atoms with Crippen LogP contribution < -0.4 is 0 Å². The van der Waals surface area contributed by atoms with Crippen molar-refractivity contribution in [3.63, 3.8) is 0 Å². The Bertz CT molecular complexity index is 968. The quantitative estimate of drug-likeness (QED) is 0.695. The summed E-state index contributed by atoms with van der Waals surface area (Å²) in [5, 5.41) is 12.2. The molecule has 3 aromatic rings. The molecule has 29 heavy (non-hydrogen) atoms. The Kier molecular flexibility index (Phi) is 6.14. The summed E-state index contributed by atoms with van der Waals surface area (Å²) < 4.78 is 2.19. The van der Waals surface area contributed by atoms with E-state index in [4.69, 9.17) is 0 Å². The second-order valence-corrected chi connectivity index (χ2v) is 8.01. The number of piperazine rings is 1. The number of para-hydroxylation sites is 1. The van der Waals surface area contributed by atoms with Gasteiger partial charge in [0.15, 0.2) is 0 Å². The summed E-state index contributed by atoms with van der Waals surface area (Å²) in [6, 6.07) is 18.8. The van der Waals surface area contributed by atoms with Crippen molar-refractivity contribution in [3.05, 3.63) is 77.5 Å². The first-order chi connectivity index (χ1) is 14.1. The maximum Gasteiger partial charge on any atom is 0.0940 e. The first kappa shape index (κ1) is 19.9. The van der Waals surface area contributed by atoms with Gasteiger partial charge in [-0.05, 0) is 18.6 Å². The number of benzene rings is 2. The Morgan fingerprint density at radius 3 is 2.34 bits per heavy atom. The van der Waals surface area contributed by atoms with Gasteiger partial charge in [0.25, 0.3) is 0 Å². The molecule has 2 aromatic carbocycles. The van der Waals surface area contributed by atoms with Crippen LogP contribution >= 0.6 is 0 Å². The summed E-state index contributed by atoms with van der Waals surface area (Å²) in [5.74, 6) is 0. The molecular formula is C25H31N3O. The average molecular weight is 390 g/mol. The summed E-state index contributed by atoms with van der Waals surface area (Å²) in [6.45, 7) is 7.87. The van der Waals surface area contributed by atoms with Gasteiger partial charge in [-0.3, -0.25) is 9.80 Å². The van der Waals surface area contributed by atoms with Crippen molar-refractivity contribution in [2.24, 2.45) is 7.05 Å². The van der Waals surface area contributed by atoms with Crippen LogP contribution in [0.3, 0.4) is 0 Å². The average Bonchev–Trinajstić information content (AvgIpc) is 3.01. The van der Waals surface area contributed by atoms with Crippen LogP contribution in [0.2, 0.25) is 0 Å². The molecule has 0 aliphatic carbocycles. The van der Waals surface area contributed by atoms with E-state index in [0.29, 0.717) is 6.54 Å². The lowest BCUT2D eigenvalue weighted by atomic mass is 10.0. The molecule has 1 atom stereocenters. The van der Waals surface area contributed by atoms with Gasteiger partial charge >= 0.3 is 0 Å². The third-order valence-corrected chi connectivity index (χ3v) is 6.15. The van der Waals surface area contributed by atoms with Crippen molar-refractivity contribution < 1.29 is 5.11 Å². The zero-order valence-corrected chi connectivity index (χ0v) is 17.5. The second kappa shape index (κ2) is 8.95. The summed E-state index contributed by atoms with van der Waals surface area (Å²) >= 11 is 0. The van der Waals surface area contributed by atoms with Crippen LogP contribution in [0.1, 0.15) is 22.9 Å². The van der Waals surface area contributed by atoms with Crippen molar-refractivity contribution in [3.8, 4) is 0 Å². The number of rotatable bonds is 6. The van der Waals surface area contributed by atoms with E-state index in [2.05, 4.69) is 89.0 Å². The number of nitrogens with zero attached hydrogens (tertiary/aromatic N) is 3. The first-order valence-corrected chi connectivity index (χ1v) is 10.5. The van der Waals surface area contributed by atoms with Gasteiger partial charge in [0, 0.05) is 68.5 Å². The molecule has 4 nitrogen and oxygen atoms in total. The van der Waals surface area contributed by atoms with E-state index < -0.39 is 6.10 Å². The number of aryl methyl sites for hydroxylation is 1. The minimum Gasteiger partial charge on any atom is -0.387 e. The molecule has 0 saturated carbocycles. The molecule has 0 radical (unpaired) electrons. The maximum atomic E-state index is 11.0. The second-order valence-electron chi connectivity index (χ2n) is 8.01. The summed E-state index contributed by atoms with van der Waals surface area (Å²) in [7, 11) is 2.08. The first-order valence-electron chi connectivity index (χ1n) is 10.5. The summed E-state index contributed by atoms with van der Waals surface area (Å²) in [6.07, 6.45) is 3.99. The van der Waals surface area contributed by atoms with Crippen molar-refractivity contribution in [2.45, 2.75) is 13.0 Å². The fourth-order valence-corrected chi connectivity index (χ4v) is 4.36. The predicted molar refractivity (Wildman–Crippen MR) is 121 cm³/mol. The predicted octanol–water partition coefficient (Wildman–Crippen LogP) is 3.85. The van der Waals surface area contributed by atoms with Gasteiger partial charge in [0.1, 0.15) is 0 Å². The van der Waals surface area contributed by atoms with Crippen LogP contribution in [0.5, 0.6) is 0 Å². The Balaban J connectivity index is 1.32. The molecule has 1 aromatic heterocycles. The molecule has 1 aliphatic rings. The van der Waals surface area contributed by atoms with Gasteiger partial charge in [-0.15, -0.1) is 0 Å². The highest BCUT2D eigenvalue weighted by atomic mass is 16.3. The van der Waals surface area contributed by atoms with E-state index in [1.54, 1.807) is 0 Å². The molecule has 0 spiro atoms. The molecule has 4 heteroatoms. The molecule has 0 amide bonds. The van der Waals surface area contributed by atoms with Crippen molar-refractivity contribution in [1.82, 2.24) is 14.4 Å². The number of fused-ring (bicyclic) bond motifs is 1. The lowest BCUT2D eigenvalue weighted by molar-refractivity contribution is 0.0767. The van der Waals surface area contributed by atoms with Crippen molar-refractivity contribution >= 4 is 17.0 Å². The summed E-state index contributed by atoms with van der Waals surface area (Å²) in [4.78, 5) is 4.87. The Hall–Kier alpha value is -2.40. The largest absolute Gasteiger partial charge is 0.387 e. The number of hydrogen-bond acceptors (Lipinski definition) is 3. The molecule has 1 fully saturated rings. The number of hydrogen-bond donors (Lipinski definition) is 1. The van der Waals surface area contributed by atoms with Gasteiger partial charge in [-0.2, -0.15) is 0 Å². The highest BCUT2D eigenvalue weighted by Gasteiger charge is 2.23. The van der Waals surface area contributed by atoms with E-state index in [-0.39, 0.29) is 0 Å². The molecule has 2 heterocycles. The van der Waals surface area contributed by atoms with Gasteiger partial charge in [-0.1, -0.05) is 60.7 Å². The number of β-amino-alcohol motifs (C(OH)–C–C–N with tert-alkyl or cyclic N) is 1. The number of aliphatic hydroxyl groups excluding tert-OH is 1. The van der Waals surface area contributed by atoms with Crippen LogP contribution in [-0.4, -0.2) is 58.7 Å². The lowest BCUT2D eigenvalue weighted by Gasteiger charge is -2.35. The monoisotopic (exact) mass is 389 g/mol. The third-order valence-electron chi connectivity index (χ3n) is 6.15. The minimum absolute atomic E-state index is 0.453. The van der Waals surface area contributed by atoms with Gasteiger partial charge in [-0.25, -0.2) is 0 Å². The van der Waals surface area contributed by atoms with Crippen LogP contribution in [0.15, 0.2) is 60.7 Å². The lowest BCUT2D eigenvalue weighted by Crippen LogP contribution is -2.47. The highest BCUT2D eigenvalue weighted by Crippen LogP contribution is 2.30. The molecule has 1 saturated heterocycles. The Labute approximate surface area is 173 Å². The Morgan fingerprint density at radius 1 is 0.931 bits per heavy atom. The molecule has 1 N–H and O–H groups in total. The van der Waals surface area contributed by atoms with E-state index >= 15 is 0 Å². The van der Waals surface area contributed by atoms with E-state index in [1.807, 2.05) is 6.07 Å². The molecule has 4 rings (SSSR count). The minimum atomic E-state index is -0.453. The van der Waals surface area contributed by atoms with Gasteiger partial charge in [0.05, 0.1) is 6.10 Å². The van der Waals surface area contributed by atoms with E-state index in [9.17, 15) is 5.11 Å². The molecule has 0 bridgehead atoms. The van der Waals surface area contributed by atoms with Crippen LogP contribution in [0.25, 0.3) is 17.0 Å². The molecular weight excluding hydrogens is 358 g/mol. The van der Waals surface area contributed by atoms with E-state index in [0.717, 1.165) is 44.0 Å². The SMILES string of the molecule is Cc1c([C@@H](O)CN2CCN(C/C=C/c3ccccc3)CC2)c2ccccc2n1C. The number of aliphatic hydroxyl groups is 1. The molecule has 1 aliphatic heterocycles. The number of aromatic nitrogens is 1. The van der Waals surface area contributed by atoms with Gasteiger partial charge < -0.3 is 9.67 Å². The normalized spacial score (nSPS) is 17.3. The van der Waals surface area contributed by atoms with Crippen LogP contribution in [0.4, 0.5) is 0 Å². The molecule has 152 valence electrons. The standard InChI is InChI=1S/C25H31N3O/c1-20-25(22-12-6-7-13-23(22)26(20)2)24(29)19-28-17-15-27(16-18-28)14-8-11-21-9-4-3-5-10-21/h3-13,24,29H,14-19H2,1-2H3/b11-8+/t24-/m0/s1. The fourth-order valence-electron chi connectivity index (χ4n) is 4.36. The van der Waals surface area contributed by atoms with Crippen molar-refractivity contribution in [1.29, 1.82) is 0 Å². The Morgan fingerprint density at radius 2 is 1.59 bits per heavy atom. The summed E-state index contributed by atoms with van der Waals surface area (Å²) in [5.41, 5.74) is 4.67. The third kappa shape index (κ3) is 4.45. The molecule has 0 unspecified atom stereocenters. The van der Waals surface area contributed by atoms with Crippen LogP contribution in [-0.2, 0) is 7.05 Å². The highest BCUT2D eigenvalue weighted by molar-refractivity contribution is 5.85. The van der Waals surface area contributed by atoms with E-state index in [1.165, 1.54) is 16.5 Å². The zero-order chi connectivity index (χ0) is 20.2. The fraction of sp³-hybridized carbons (Fsp3) is 0.360. The van der Waals surface area contributed by atoms with Gasteiger partial charge in [0.2, 0.25) is 0 Å².